The van der Waals surface area contributed by atoms with Crippen LogP contribution in [0.15, 0.2) is 30.3 Å². The second kappa shape index (κ2) is 5.28. The molecular weight excluding hydrogens is 257 g/mol. The number of urea groups is 1. The Morgan fingerprint density at radius 2 is 1.88 bits per heavy atom. The van der Waals surface area contributed by atoms with Gasteiger partial charge in [0.05, 0.1) is 0 Å². The molecule has 1 aromatic rings. The maximum Gasteiger partial charge on any atom is 0.598 e. The number of halogens is 3. The summed E-state index contributed by atoms with van der Waals surface area (Å²) in [4.78, 5) is 12.3. The first kappa shape index (κ1) is 13.7. The van der Waals surface area contributed by atoms with Gasteiger partial charge in [-0.15, -0.1) is 17.9 Å². The van der Waals surface area contributed by atoms with Gasteiger partial charge in [0.2, 0.25) is 0 Å². The third kappa shape index (κ3) is 3.82. The first-order chi connectivity index (χ1) is 7.82. The van der Waals surface area contributed by atoms with Gasteiger partial charge in [-0.25, -0.2) is 4.79 Å². The van der Waals surface area contributed by atoms with Gasteiger partial charge in [-0.2, -0.15) is 0 Å². The molecule has 0 heterocycles. The van der Waals surface area contributed by atoms with Gasteiger partial charge in [0.25, 0.3) is 0 Å². The van der Waals surface area contributed by atoms with E-state index in [0.29, 0.717) is 5.69 Å². The molecule has 0 fully saturated rings. The van der Waals surface area contributed by atoms with Crippen molar-refractivity contribution in [3.05, 3.63) is 30.3 Å². The number of nitrogens with zero attached hydrogens (tertiary/aromatic N) is 1. The highest BCUT2D eigenvalue weighted by Gasteiger charge is 2.47. The van der Waals surface area contributed by atoms with E-state index in [9.17, 15) is 22.5 Å². The Balaban J connectivity index is 2.66. The van der Waals surface area contributed by atoms with Crippen LogP contribution in [0.25, 0.3) is 0 Å². The molecule has 0 aliphatic carbocycles. The Labute approximate surface area is 98.7 Å². The zero-order valence-electron chi connectivity index (χ0n) is 8.69. The molecule has 1 rings (SSSR count). The third-order valence-electron chi connectivity index (χ3n) is 1.84. The van der Waals surface area contributed by atoms with Crippen LogP contribution in [0.3, 0.4) is 0 Å². The van der Waals surface area contributed by atoms with Crippen LogP contribution in [0, 0.1) is 0 Å². The highest BCUT2D eigenvalue weighted by atomic mass is 32.2. The van der Waals surface area contributed by atoms with Crippen molar-refractivity contribution < 1.29 is 22.5 Å². The molecule has 4 nitrogen and oxygen atoms in total. The van der Waals surface area contributed by atoms with Crippen molar-refractivity contribution in [1.29, 1.82) is 0 Å². The van der Waals surface area contributed by atoms with E-state index in [-0.39, 0.29) is 0 Å². The molecule has 0 aliphatic rings. The van der Waals surface area contributed by atoms with E-state index < -0.39 is 22.9 Å². The lowest BCUT2D eigenvalue weighted by atomic mass is 10.3. The van der Waals surface area contributed by atoms with Crippen LogP contribution in [0.4, 0.5) is 23.7 Å². The topological polar surface area (TPSA) is 55.4 Å². The van der Waals surface area contributed by atoms with E-state index in [0.717, 1.165) is 4.90 Å². The molecule has 17 heavy (non-hydrogen) atoms. The standard InChI is InChI=1S/C9H9F3N2O2S/c1-14(7-5-3-2-4-6-7)8(15)13-17(16)9(10,11)12/h2-6H,1H3,(H,13,15). The molecule has 0 saturated heterocycles. The molecule has 0 aliphatic heterocycles. The first-order valence-corrected chi connectivity index (χ1v) is 5.55. The van der Waals surface area contributed by atoms with Gasteiger partial charge in [0.15, 0.2) is 11.4 Å². The summed E-state index contributed by atoms with van der Waals surface area (Å²) < 4.78 is 47.8. The Hall–Kier alpha value is -1.41. The Kier molecular flexibility index (Phi) is 4.24. The minimum absolute atomic E-state index is 0.393. The van der Waals surface area contributed by atoms with Crippen molar-refractivity contribution in [3.63, 3.8) is 0 Å². The molecule has 2 amide bonds. The fourth-order valence-corrected chi connectivity index (χ4v) is 1.39. The van der Waals surface area contributed by atoms with Crippen LogP contribution >= 0.6 is 0 Å². The zero-order chi connectivity index (χ0) is 13.1. The second-order valence-corrected chi connectivity index (χ2v) is 4.22. The van der Waals surface area contributed by atoms with Gasteiger partial charge in [-0.1, -0.05) is 18.2 Å². The molecule has 1 unspecified atom stereocenters. The molecule has 94 valence electrons. The minimum Gasteiger partial charge on any atom is -0.585 e. The van der Waals surface area contributed by atoms with Gasteiger partial charge >= 0.3 is 11.5 Å². The Morgan fingerprint density at radius 3 is 2.35 bits per heavy atom. The monoisotopic (exact) mass is 266 g/mol. The molecule has 0 radical (unpaired) electrons. The van der Waals surface area contributed by atoms with Crippen LogP contribution in [0.5, 0.6) is 0 Å². The molecule has 0 spiro atoms. The lowest BCUT2D eigenvalue weighted by Gasteiger charge is -2.19. The van der Waals surface area contributed by atoms with Crippen LogP contribution in [0.2, 0.25) is 0 Å². The molecular formula is C9H9F3N2O2S. The summed E-state index contributed by atoms with van der Waals surface area (Å²) in [5, 5.41) is 0. The Bertz CT molecular complexity index is 386. The number of benzene rings is 1. The number of carbonyl (C=O) groups excluding carboxylic acids is 1. The number of carbonyl (C=O) groups is 1. The van der Waals surface area contributed by atoms with Gasteiger partial charge < -0.3 is 4.55 Å². The molecule has 1 aromatic carbocycles. The highest BCUT2D eigenvalue weighted by Crippen LogP contribution is 2.22. The van der Waals surface area contributed by atoms with E-state index in [1.54, 1.807) is 18.2 Å². The number of para-hydroxylation sites is 1. The largest absolute Gasteiger partial charge is 0.598 e. The summed E-state index contributed by atoms with van der Waals surface area (Å²) in [6, 6.07) is 6.93. The van der Waals surface area contributed by atoms with Gasteiger partial charge in [0, 0.05) is 12.7 Å². The lowest BCUT2D eigenvalue weighted by molar-refractivity contribution is -0.0443. The van der Waals surface area contributed by atoms with Gasteiger partial charge in [-0.3, -0.25) is 4.90 Å². The molecule has 0 saturated carbocycles. The number of alkyl halides is 3. The second-order valence-electron chi connectivity index (χ2n) is 3.02. The summed E-state index contributed by atoms with van der Waals surface area (Å²) in [5.41, 5.74) is -4.57. The molecule has 8 heteroatoms. The van der Waals surface area contributed by atoms with E-state index in [1.807, 2.05) is 0 Å². The number of rotatable bonds is 2. The fraction of sp³-hybridized carbons (Fsp3) is 0.222. The van der Waals surface area contributed by atoms with Crippen LogP contribution in [-0.2, 0) is 11.4 Å². The number of hydrogen-bond donors (Lipinski definition) is 1. The predicted molar refractivity (Wildman–Crippen MR) is 57.6 cm³/mol. The normalized spacial score (nSPS) is 13.0. The van der Waals surface area contributed by atoms with Gasteiger partial charge in [0.1, 0.15) is 0 Å². The third-order valence-corrected chi connectivity index (χ3v) is 2.62. The summed E-state index contributed by atoms with van der Waals surface area (Å²) in [5.74, 6) is 0. The minimum atomic E-state index is -4.97. The lowest BCUT2D eigenvalue weighted by Crippen LogP contribution is -2.46. The van der Waals surface area contributed by atoms with Gasteiger partial charge in [-0.05, 0) is 12.1 Å². The predicted octanol–water partition coefficient (Wildman–Crippen LogP) is 2.02. The summed E-state index contributed by atoms with van der Waals surface area (Å²) in [6.45, 7) is 0. The maximum absolute atomic E-state index is 11.9. The smallest absolute Gasteiger partial charge is 0.585 e. The fourth-order valence-electron chi connectivity index (χ4n) is 0.974. The summed E-state index contributed by atoms with van der Waals surface area (Å²) in [6.07, 6.45) is 0. The number of hydrogen-bond acceptors (Lipinski definition) is 2. The molecule has 0 bridgehead atoms. The average molecular weight is 266 g/mol. The molecule has 1 N–H and O–H groups in total. The number of anilines is 1. The SMILES string of the molecule is CN(C(=O)N[S+]([O-])C(F)(F)F)c1ccccc1. The van der Waals surface area contributed by atoms with Crippen molar-refractivity contribution >= 4 is 23.1 Å². The number of amides is 2. The maximum atomic E-state index is 11.9. The Morgan fingerprint density at radius 1 is 1.35 bits per heavy atom. The first-order valence-electron chi connectivity index (χ1n) is 4.40. The highest BCUT2D eigenvalue weighted by molar-refractivity contribution is 7.90. The van der Waals surface area contributed by atoms with Crippen molar-refractivity contribution in [3.8, 4) is 0 Å². The van der Waals surface area contributed by atoms with E-state index in [4.69, 9.17) is 0 Å². The van der Waals surface area contributed by atoms with E-state index >= 15 is 0 Å². The van der Waals surface area contributed by atoms with Crippen molar-refractivity contribution in [1.82, 2.24) is 4.72 Å². The van der Waals surface area contributed by atoms with E-state index in [1.165, 1.54) is 23.9 Å². The molecule has 1 atom stereocenters. The van der Waals surface area contributed by atoms with Crippen LogP contribution in [-0.4, -0.2) is 23.1 Å². The van der Waals surface area contributed by atoms with Crippen LogP contribution in [0.1, 0.15) is 0 Å². The van der Waals surface area contributed by atoms with Crippen molar-refractivity contribution in [2.45, 2.75) is 5.51 Å². The summed E-state index contributed by atoms with van der Waals surface area (Å²) in [7, 11) is 1.28. The van der Waals surface area contributed by atoms with Crippen molar-refractivity contribution in [2.75, 3.05) is 11.9 Å². The number of nitrogens with one attached hydrogen (secondary N) is 1. The van der Waals surface area contributed by atoms with E-state index in [2.05, 4.69) is 0 Å². The molecule has 0 aromatic heterocycles. The van der Waals surface area contributed by atoms with Crippen molar-refractivity contribution in [2.24, 2.45) is 0 Å². The quantitative estimate of drug-likeness (QED) is 0.832. The average Bonchev–Trinajstić information content (AvgIpc) is 2.27. The summed E-state index contributed by atoms with van der Waals surface area (Å²) >= 11 is -3.40. The zero-order valence-corrected chi connectivity index (χ0v) is 9.51. The van der Waals surface area contributed by atoms with Crippen LogP contribution < -0.4 is 9.62 Å².